The van der Waals surface area contributed by atoms with Gasteiger partial charge in [-0.2, -0.15) is 0 Å². The Labute approximate surface area is 124 Å². The van der Waals surface area contributed by atoms with Crippen LogP contribution in [0.5, 0.6) is 0 Å². The number of nitro groups is 1. The number of nitrogens with zero attached hydrogens (tertiary/aromatic N) is 2. The summed E-state index contributed by atoms with van der Waals surface area (Å²) in [4.78, 5) is 24.8. The van der Waals surface area contributed by atoms with Gasteiger partial charge in [-0.1, -0.05) is 24.6 Å². The van der Waals surface area contributed by atoms with Crippen molar-refractivity contribution in [3.05, 3.63) is 39.9 Å². The van der Waals surface area contributed by atoms with Crippen molar-refractivity contribution in [1.29, 1.82) is 0 Å². The van der Waals surface area contributed by atoms with E-state index in [1.807, 2.05) is 6.92 Å². The Balaban J connectivity index is 2.17. The van der Waals surface area contributed by atoms with Crippen LogP contribution in [0.15, 0.2) is 24.3 Å². The molecule has 2 rings (SSSR count). The molecular weight excluding hydrogens is 270 g/mol. The first-order chi connectivity index (χ1) is 9.86. The number of hydrogen-bond acceptors (Lipinski definition) is 4. The maximum Gasteiger partial charge on any atom is 0.274 e. The van der Waals surface area contributed by atoms with E-state index in [1.54, 1.807) is 30.1 Å². The Morgan fingerprint density at radius 2 is 2.19 bits per heavy atom. The van der Waals surface area contributed by atoms with Gasteiger partial charge in [0, 0.05) is 24.7 Å². The molecule has 6 heteroatoms. The highest BCUT2D eigenvalue weighted by Crippen LogP contribution is 2.38. The van der Waals surface area contributed by atoms with Gasteiger partial charge in [0.25, 0.3) is 5.69 Å². The Bertz CT molecular complexity index is 561. The normalized spacial score (nSPS) is 24.8. The summed E-state index contributed by atoms with van der Waals surface area (Å²) in [6.45, 7) is 2.11. The van der Waals surface area contributed by atoms with Crippen molar-refractivity contribution >= 4 is 11.6 Å². The number of carbonyl (C=O) groups is 1. The fourth-order valence-electron chi connectivity index (χ4n) is 3.04. The van der Waals surface area contributed by atoms with Crippen LogP contribution in [-0.4, -0.2) is 28.8 Å². The van der Waals surface area contributed by atoms with Crippen LogP contribution < -0.4 is 5.73 Å². The lowest BCUT2D eigenvalue weighted by Gasteiger charge is -2.32. The van der Waals surface area contributed by atoms with Gasteiger partial charge in [0.2, 0.25) is 5.91 Å². The maximum atomic E-state index is 12.6. The lowest BCUT2D eigenvalue weighted by atomic mass is 9.83. The monoisotopic (exact) mass is 291 g/mol. The summed E-state index contributed by atoms with van der Waals surface area (Å²) in [5, 5.41) is 11.0. The highest BCUT2D eigenvalue weighted by molar-refractivity contribution is 5.83. The van der Waals surface area contributed by atoms with Gasteiger partial charge in [0.15, 0.2) is 0 Å². The molecule has 2 atom stereocenters. The molecule has 2 N–H and O–H groups in total. The average Bonchev–Trinajstić information content (AvgIpc) is 2.79. The zero-order chi connectivity index (χ0) is 15.6. The smallest absolute Gasteiger partial charge is 0.274 e. The molecule has 0 aliphatic heterocycles. The fraction of sp³-hybridized carbons (Fsp3) is 0.533. The first-order valence-electron chi connectivity index (χ1n) is 7.09. The molecule has 6 nitrogen and oxygen atoms in total. The van der Waals surface area contributed by atoms with Crippen LogP contribution in [-0.2, 0) is 11.3 Å². The van der Waals surface area contributed by atoms with Crippen LogP contribution in [0.2, 0.25) is 0 Å². The predicted octanol–water partition coefficient (Wildman–Crippen LogP) is 2.07. The molecule has 0 saturated heterocycles. The molecule has 21 heavy (non-hydrogen) atoms. The summed E-state index contributed by atoms with van der Waals surface area (Å²) < 4.78 is 0. The molecule has 2 unspecified atom stereocenters. The summed E-state index contributed by atoms with van der Waals surface area (Å²) in [6, 6.07) is 6.36. The largest absolute Gasteiger partial charge is 0.341 e. The molecule has 0 heterocycles. The number of rotatable bonds is 4. The predicted molar refractivity (Wildman–Crippen MR) is 79.5 cm³/mol. The lowest BCUT2D eigenvalue weighted by Crippen LogP contribution is -2.47. The van der Waals surface area contributed by atoms with E-state index < -0.39 is 10.3 Å². The zero-order valence-corrected chi connectivity index (χ0v) is 12.4. The maximum absolute atomic E-state index is 12.6. The molecule has 1 aliphatic carbocycles. The van der Waals surface area contributed by atoms with E-state index >= 15 is 0 Å². The van der Waals surface area contributed by atoms with Crippen molar-refractivity contribution in [2.45, 2.75) is 38.8 Å². The molecule has 0 aromatic heterocycles. The summed E-state index contributed by atoms with van der Waals surface area (Å²) in [5.74, 6) is -0.0364. The molecule has 0 bridgehead atoms. The standard InChI is InChI=1S/C15H21N3O3/c1-15(9-5-8-13(15)16)14(19)17(2)10-11-6-3-4-7-12(11)18(20)21/h3-4,6-7,13H,5,8-10,16H2,1-2H3. The van der Waals surface area contributed by atoms with Gasteiger partial charge in [-0.05, 0) is 19.8 Å². The van der Waals surface area contributed by atoms with E-state index in [2.05, 4.69) is 0 Å². The Kier molecular flexibility index (Phi) is 4.27. The van der Waals surface area contributed by atoms with Gasteiger partial charge in [-0.3, -0.25) is 14.9 Å². The third kappa shape index (κ3) is 2.90. The molecule has 1 aliphatic rings. The average molecular weight is 291 g/mol. The molecule has 0 radical (unpaired) electrons. The molecule has 1 aromatic carbocycles. The van der Waals surface area contributed by atoms with Crippen LogP contribution in [0.1, 0.15) is 31.7 Å². The summed E-state index contributed by atoms with van der Waals surface area (Å²) in [7, 11) is 1.68. The van der Waals surface area contributed by atoms with Gasteiger partial charge in [-0.25, -0.2) is 0 Å². The van der Waals surface area contributed by atoms with Gasteiger partial charge < -0.3 is 10.6 Å². The SMILES string of the molecule is CN(Cc1ccccc1[N+](=O)[O-])C(=O)C1(C)CCCC1N. The van der Waals surface area contributed by atoms with Gasteiger partial charge in [0.1, 0.15) is 0 Å². The molecule has 0 spiro atoms. The number of para-hydroxylation sites is 1. The summed E-state index contributed by atoms with van der Waals surface area (Å²) in [6.07, 6.45) is 2.57. The molecule has 1 aromatic rings. The molecular formula is C15H21N3O3. The van der Waals surface area contributed by atoms with Gasteiger partial charge in [-0.15, -0.1) is 0 Å². The number of amides is 1. The number of benzene rings is 1. The minimum Gasteiger partial charge on any atom is -0.341 e. The third-order valence-electron chi connectivity index (χ3n) is 4.46. The van der Waals surface area contributed by atoms with Crippen molar-refractivity contribution < 1.29 is 9.72 Å². The Morgan fingerprint density at radius 1 is 1.52 bits per heavy atom. The summed E-state index contributed by atoms with van der Waals surface area (Å²) in [5.41, 5.74) is 6.09. The van der Waals surface area contributed by atoms with Crippen LogP contribution in [0.4, 0.5) is 5.69 Å². The van der Waals surface area contributed by atoms with Crippen molar-refractivity contribution in [3.8, 4) is 0 Å². The van der Waals surface area contributed by atoms with Gasteiger partial charge >= 0.3 is 0 Å². The highest BCUT2D eigenvalue weighted by atomic mass is 16.6. The molecule has 114 valence electrons. The zero-order valence-electron chi connectivity index (χ0n) is 12.4. The van der Waals surface area contributed by atoms with E-state index in [4.69, 9.17) is 5.73 Å². The van der Waals surface area contributed by atoms with Crippen LogP contribution in [0, 0.1) is 15.5 Å². The van der Waals surface area contributed by atoms with Crippen molar-refractivity contribution in [2.75, 3.05) is 7.05 Å². The second-order valence-electron chi connectivity index (χ2n) is 5.96. The van der Waals surface area contributed by atoms with Crippen molar-refractivity contribution in [3.63, 3.8) is 0 Å². The number of hydrogen-bond donors (Lipinski definition) is 1. The second-order valence-corrected chi connectivity index (χ2v) is 5.96. The minimum atomic E-state index is -0.557. The highest BCUT2D eigenvalue weighted by Gasteiger charge is 2.44. The van der Waals surface area contributed by atoms with Crippen LogP contribution in [0.3, 0.4) is 0 Å². The number of nitro benzene ring substituents is 1. The second kappa shape index (κ2) is 5.81. The topological polar surface area (TPSA) is 89.5 Å². The molecule has 1 saturated carbocycles. The first kappa shape index (κ1) is 15.4. The fourth-order valence-corrected chi connectivity index (χ4v) is 3.04. The number of nitrogens with two attached hydrogens (primary N) is 1. The van der Waals surface area contributed by atoms with Crippen LogP contribution in [0.25, 0.3) is 0 Å². The molecule has 1 amide bonds. The van der Waals surface area contributed by atoms with Crippen molar-refractivity contribution in [1.82, 2.24) is 4.90 Å². The van der Waals surface area contributed by atoms with E-state index in [0.29, 0.717) is 5.56 Å². The molecule has 1 fully saturated rings. The van der Waals surface area contributed by atoms with Crippen molar-refractivity contribution in [2.24, 2.45) is 11.1 Å². The summed E-state index contributed by atoms with van der Waals surface area (Å²) >= 11 is 0. The lowest BCUT2D eigenvalue weighted by molar-refractivity contribution is -0.385. The first-order valence-corrected chi connectivity index (χ1v) is 7.09. The Morgan fingerprint density at radius 3 is 2.76 bits per heavy atom. The quantitative estimate of drug-likeness (QED) is 0.679. The van der Waals surface area contributed by atoms with Gasteiger partial charge in [0.05, 0.1) is 16.9 Å². The van der Waals surface area contributed by atoms with Crippen LogP contribution >= 0.6 is 0 Å². The van der Waals surface area contributed by atoms with E-state index in [1.165, 1.54) is 6.07 Å². The van der Waals surface area contributed by atoms with E-state index in [0.717, 1.165) is 19.3 Å². The number of carbonyl (C=O) groups excluding carboxylic acids is 1. The Hall–Kier alpha value is -1.95. The van der Waals surface area contributed by atoms with E-state index in [9.17, 15) is 14.9 Å². The van der Waals surface area contributed by atoms with E-state index in [-0.39, 0.29) is 24.2 Å². The minimum absolute atomic E-state index is 0.0364. The third-order valence-corrected chi connectivity index (χ3v) is 4.46.